The van der Waals surface area contributed by atoms with E-state index in [0.717, 1.165) is 66.5 Å². The molecular weight excluding hydrogens is 611 g/mol. The molecule has 7 aromatic carbocycles. The van der Waals surface area contributed by atoms with Gasteiger partial charge in [-0.2, -0.15) is 0 Å². The Labute approximate surface area is 288 Å². The molecular formula is C45H25N5. The number of benzene rings is 7. The maximum atomic E-state index is 7.83. The van der Waals surface area contributed by atoms with E-state index < -0.39 is 0 Å². The van der Waals surface area contributed by atoms with Gasteiger partial charge in [0.05, 0.1) is 36.3 Å². The standard InChI is InChI=1S/C45H25N5/c1-46-32-23-25-42-38(27-32)45-39(48-3)14-9-17-43(45)49(42)34-11-8-10-31(26-34)29-18-20-30(21-19-29)35-24-22-33(47-2)28-44(35)50-40-15-6-4-12-36(40)37-13-5-7-16-41(37)50/h4-28H. The second-order valence-corrected chi connectivity index (χ2v) is 12.2. The Bertz CT molecular complexity index is 2900. The summed E-state index contributed by atoms with van der Waals surface area (Å²) in [4.78, 5) is 11.2. The summed E-state index contributed by atoms with van der Waals surface area (Å²) in [5.41, 5.74) is 12.0. The molecule has 0 saturated heterocycles. The van der Waals surface area contributed by atoms with Gasteiger partial charge in [0.15, 0.2) is 17.1 Å². The SMILES string of the molecule is [C-]#[N+]c1ccc(-c2ccc(-c3cccc(-n4c5ccc([N+]#[C-])cc5c5c([N+]#[C-])cccc54)c3)cc2)c(-n2c3ccccc3c3ccccc32)c1. The van der Waals surface area contributed by atoms with Crippen LogP contribution < -0.4 is 0 Å². The van der Waals surface area contributed by atoms with E-state index in [1.165, 1.54) is 10.8 Å². The van der Waals surface area contributed by atoms with Gasteiger partial charge in [-0.3, -0.25) is 0 Å². The third-order valence-corrected chi connectivity index (χ3v) is 9.57. The van der Waals surface area contributed by atoms with Gasteiger partial charge in [0, 0.05) is 38.6 Å². The summed E-state index contributed by atoms with van der Waals surface area (Å²) < 4.78 is 4.46. The molecule has 0 atom stereocenters. The zero-order chi connectivity index (χ0) is 33.8. The predicted octanol–water partition coefficient (Wildman–Crippen LogP) is 12.9. The van der Waals surface area contributed by atoms with Crippen LogP contribution in [-0.4, -0.2) is 9.13 Å². The molecule has 2 aromatic heterocycles. The Morgan fingerprint density at radius 3 is 1.74 bits per heavy atom. The molecule has 0 fully saturated rings. The number of nitrogens with zero attached hydrogens (tertiary/aromatic N) is 5. The number of rotatable bonds is 4. The highest BCUT2D eigenvalue weighted by atomic mass is 15.0. The van der Waals surface area contributed by atoms with Crippen molar-refractivity contribution in [2.24, 2.45) is 0 Å². The normalized spacial score (nSPS) is 11.1. The van der Waals surface area contributed by atoms with Crippen LogP contribution in [0.15, 0.2) is 152 Å². The molecule has 0 aliphatic heterocycles. The highest BCUT2D eigenvalue weighted by Gasteiger charge is 2.18. The van der Waals surface area contributed by atoms with Gasteiger partial charge in [0.1, 0.15) is 0 Å². The summed E-state index contributed by atoms with van der Waals surface area (Å²) >= 11 is 0. The van der Waals surface area contributed by atoms with Crippen molar-refractivity contribution in [1.82, 2.24) is 9.13 Å². The molecule has 50 heavy (non-hydrogen) atoms. The van der Waals surface area contributed by atoms with Crippen LogP contribution in [0.5, 0.6) is 0 Å². The maximum Gasteiger partial charge on any atom is 0.197 e. The first-order valence-electron chi connectivity index (χ1n) is 16.2. The first-order chi connectivity index (χ1) is 24.7. The molecule has 0 aliphatic rings. The number of hydrogen-bond donors (Lipinski definition) is 0. The summed E-state index contributed by atoms with van der Waals surface area (Å²) in [6.07, 6.45) is 0. The van der Waals surface area contributed by atoms with Crippen LogP contribution in [0.3, 0.4) is 0 Å². The lowest BCUT2D eigenvalue weighted by molar-refractivity contribution is 1.18. The molecule has 0 unspecified atom stereocenters. The molecule has 9 aromatic rings. The van der Waals surface area contributed by atoms with Crippen molar-refractivity contribution in [3.05, 3.63) is 186 Å². The van der Waals surface area contributed by atoms with E-state index in [1.807, 2.05) is 48.5 Å². The van der Waals surface area contributed by atoms with E-state index in [4.69, 9.17) is 19.7 Å². The van der Waals surface area contributed by atoms with Gasteiger partial charge in [0.25, 0.3) is 0 Å². The van der Waals surface area contributed by atoms with Crippen LogP contribution in [-0.2, 0) is 0 Å². The van der Waals surface area contributed by atoms with E-state index in [-0.39, 0.29) is 0 Å². The monoisotopic (exact) mass is 635 g/mol. The maximum absolute atomic E-state index is 7.83. The molecule has 0 aliphatic carbocycles. The van der Waals surface area contributed by atoms with Crippen LogP contribution in [0.1, 0.15) is 0 Å². The average Bonchev–Trinajstić information content (AvgIpc) is 3.70. The topological polar surface area (TPSA) is 22.9 Å². The van der Waals surface area contributed by atoms with Crippen LogP contribution in [0.4, 0.5) is 17.1 Å². The molecule has 5 heteroatoms. The number of para-hydroxylation sites is 2. The fourth-order valence-corrected chi connectivity index (χ4v) is 7.35. The molecule has 0 saturated carbocycles. The Kier molecular flexibility index (Phi) is 6.56. The van der Waals surface area contributed by atoms with Crippen LogP contribution >= 0.6 is 0 Å². The quantitative estimate of drug-likeness (QED) is 0.172. The van der Waals surface area contributed by atoms with Crippen molar-refractivity contribution < 1.29 is 0 Å². The Balaban J connectivity index is 1.17. The average molecular weight is 636 g/mol. The Morgan fingerprint density at radius 1 is 0.400 bits per heavy atom. The van der Waals surface area contributed by atoms with E-state index in [1.54, 1.807) is 0 Å². The molecule has 5 nitrogen and oxygen atoms in total. The molecule has 0 bridgehead atoms. The first kappa shape index (κ1) is 28.8. The number of hydrogen-bond acceptors (Lipinski definition) is 0. The summed E-state index contributed by atoms with van der Waals surface area (Å²) in [5, 5.41) is 4.12. The Hall–Kier alpha value is -7.39. The van der Waals surface area contributed by atoms with Crippen molar-refractivity contribution in [2.75, 3.05) is 0 Å². The highest BCUT2D eigenvalue weighted by molar-refractivity contribution is 6.16. The van der Waals surface area contributed by atoms with Crippen molar-refractivity contribution >= 4 is 60.7 Å². The van der Waals surface area contributed by atoms with E-state index in [2.05, 4.69) is 127 Å². The molecule has 2 heterocycles. The molecule has 0 amide bonds. The van der Waals surface area contributed by atoms with Crippen molar-refractivity contribution in [3.8, 4) is 33.6 Å². The van der Waals surface area contributed by atoms with Crippen LogP contribution in [0.25, 0.3) is 91.8 Å². The van der Waals surface area contributed by atoms with Crippen LogP contribution in [0.2, 0.25) is 0 Å². The number of fused-ring (bicyclic) bond motifs is 6. The molecule has 230 valence electrons. The fourth-order valence-electron chi connectivity index (χ4n) is 7.35. The van der Waals surface area contributed by atoms with E-state index in [9.17, 15) is 0 Å². The van der Waals surface area contributed by atoms with Crippen molar-refractivity contribution in [2.45, 2.75) is 0 Å². The van der Waals surface area contributed by atoms with Gasteiger partial charge >= 0.3 is 0 Å². The van der Waals surface area contributed by atoms with Gasteiger partial charge in [-0.25, -0.2) is 14.5 Å². The smallest absolute Gasteiger partial charge is 0.197 e. The van der Waals surface area contributed by atoms with Crippen LogP contribution in [0, 0.1) is 19.7 Å². The first-order valence-corrected chi connectivity index (χ1v) is 16.2. The van der Waals surface area contributed by atoms with Gasteiger partial charge in [-0.15, -0.1) is 0 Å². The van der Waals surface area contributed by atoms with Gasteiger partial charge in [-0.1, -0.05) is 103 Å². The largest absolute Gasteiger partial charge is 0.311 e. The minimum atomic E-state index is 0.551. The van der Waals surface area contributed by atoms with Gasteiger partial charge in [0.2, 0.25) is 0 Å². The van der Waals surface area contributed by atoms with Gasteiger partial charge in [-0.05, 0) is 70.6 Å². The van der Waals surface area contributed by atoms with Crippen molar-refractivity contribution in [3.63, 3.8) is 0 Å². The summed E-state index contributed by atoms with van der Waals surface area (Å²) in [7, 11) is 0. The second kappa shape index (κ2) is 11.4. The summed E-state index contributed by atoms with van der Waals surface area (Å²) in [5.74, 6) is 0. The lowest BCUT2D eigenvalue weighted by Crippen LogP contribution is -1.97. The summed E-state index contributed by atoms with van der Waals surface area (Å²) in [6.45, 7) is 23.2. The minimum Gasteiger partial charge on any atom is -0.311 e. The predicted molar refractivity (Wildman–Crippen MR) is 205 cm³/mol. The minimum absolute atomic E-state index is 0.551. The molecule has 9 rings (SSSR count). The zero-order valence-corrected chi connectivity index (χ0v) is 26.7. The van der Waals surface area contributed by atoms with E-state index >= 15 is 0 Å². The highest BCUT2D eigenvalue weighted by Crippen LogP contribution is 2.41. The zero-order valence-electron chi connectivity index (χ0n) is 26.7. The summed E-state index contributed by atoms with van der Waals surface area (Å²) in [6, 6.07) is 51.3. The lowest BCUT2D eigenvalue weighted by atomic mass is 9.98. The van der Waals surface area contributed by atoms with Gasteiger partial charge < -0.3 is 9.13 Å². The third-order valence-electron chi connectivity index (χ3n) is 9.57. The molecule has 0 N–H and O–H groups in total. The second-order valence-electron chi connectivity index (χ2n) is 12.2. The Morgan fingerprint density at radius 2 is 1.02 bits per heavy atom. The molecule has 0 spiro atoms. The van der Waals surface area contributed by atoms with Crippen molar-refractivity contribution in [1.29, 1.82) is 0 Å². The fraction of sp³-hybridized carbons (Fsp3) is 0. The lowest BCUT2D eigenvalue weighted by Gasteiger charge is -2.15. The molecule has 0 radical (unpaired) electrons. The van der Waals surface area contributed by atoms with E-state index in [0.29, 0.717) is 17.1 Å². The third kappa shape index (κ3) is 4.38. The number of aromatic nitrogens is 2.